The van der Waals surface area contributed by atoms with Crippen molar-refractivity contribution < 1.29 is 27.9 Å². The van der Waals surface area contributed by atoms with Crippen LogP contribution in [0.3, 0.4) is 0 Å². The minimum atomic E-state index is -3.71. The lowest BCUT2D eigenvalue weighted by Gasteiger charge is -2.05. The number of nitrogens with one attached hydrogen (secondary N) is 1. The summed E-state index contributed by atoms with van der Waals surface area (Å²) < 4.78 is 27.8. The number of rotatable bonds is 5. The molecule has 0 bridgehead atoms. The molecular formula is C10H11NO6S2. The van der Waals surface area contributed by atoms with E-state index in [0.717, 1.165) is 0 Å². The van der Waals surface area contributed by atoms with Gasteiger partial charge in [-0.3, -0.25) is 10.1 Å². The molecule has 0 heterocycles. The molecule has 0 radical (unpaired) electrons. The molecule has 104 valence electrons. The first-order chi connectivity index (χ1) is 8.85. The van der Waals surface area contributed by atoms with E-state index in [9.17, 15) is 18.0 Å². The fourth-order valence-electron chi connectivity index (χ4n) is 1.07. The molecule has 0 aliphatic heterocycles. The second-order valence-electron chi connectivity index (χ2n) is 3.25. The van der Waals surface area contributed by atoms with Crippen molar-refractivity contribution in [1.82, 2.24) is 0 Å². The van der Waals surface area contributed by atoms with Crippen molar-refractivity contribution >= 4 is 37.4 Å². The van der Waals surface area contributed by atoms with E-state index in [4.69, 9.17) is 5.11 Å². The van der Waals surface area contributed by atoms with Gasteiger partial charge in [-0.2, -0.15) is 0 Å². The van der Waals surface area contributed by atoms with Crippen molar-refractivity contribution in [3.05, 3.63) is 24.3 Å². The van der Waals surface area contributed by atoms with Gasteiger partial charge < -0.3 is 9.84 Å². The SMILES string of the molecule is COC(=O)Nc1ccc(S(=O)(=O)SCC(=O)O)cc1. The molecule has 0 aliphatic rings. The van der Waals surface area contributed by atoms with Gasteiger partial charge in [-0.15, -0.1) is 0 Å². The summed E-state index contributed by atoms with van der Waals surface area (Å²) >= 11 is 0. The molecule has 0 atom stereocenters. The predicted octanol–water partition coefficient (Wildman–Crippen LogP) is 1.37. The number of carbonyl (C=O) groups is 2. The van der Waals surface area contributed by atoms with Gasteiger partial charge in [-0.25, -0.2) is 13.2 Å². The molecule has 0 fully saturated rings. The molecule has 1 aromatic rings. The van der Waals surface area contributed by atoms with Crippen molar-refractivity contribution in [2.45, 2.75) is 4.90 Å². The second-order valence-corrected chi connectivity index (χ2v) is 7.18. The summed E-state index contributed by atoms with van der Waals surface area (Å²) in [5.41, 5.74) is 0.369. The van der Waals surface area contributed by atoms with Crippen LogP contribution in [0.15, 0.2) is 29.2 Å². The number of methoxy groups -OCH3 is 1. The molecule has 9 heteroatoms. The third-order valence-corrected chi connectivity index (χ3v) is 5.30. The fraction of sp³-hybridized carbons (Fsp3) is 0.200. The van der Waals surface area contributed by atoms with E-state index in [2.05, 4.69) is 10.1 Å². The van der Waals surface area contributed by atoms with E-state index in [0.29, 0.717) is 16.5 Å². The Kier molecular flexibility index (Phi) is 5.19. The molecule has 7 nitrogen and oxygen atoms in total. The largest absolute Gasteiger partial charge is 0.481 e. The van der Waals surface area contributed by atoms with E-state index >= 15 is 0 Å². The predicted molar refractivity (Wildman–Crippen MR) is 69.7 cm³/mol. The standard InChI is InChI=1S/C10H11NO6S2/c1-17-10(14)11-7-2-4-8(5-3-7)19(15,16)18-6-9(12)13/h2-5H,6H2,1H3,(H,11,14)(H,12,13). The van der Waals surface area contributed by atoms with Crippen LogP contribution in [0.25, 0.3) is 0 Å². The lowest BCUT2D eigenvalue weighted by atomic mass is 10.3. The summed E-state index contributed by atoms with van der Waals surface area (Å²) in [6.45, 7) is 0. The highest BCUT2D eigenvalue weighted by Crippen LogP contribution is 2.24. The van der Waals surface area contributed by atoms with Gasteiger partial charge in [0.2, 0.25) is 8.87 Å². The number of carboxylic acids is 1. The Morgan fingerprint density at radius 3 is 2.37 bits per heavy atom. The second kappa shape index (κ2) is 6.43. The molecule has 1 rings (SSSR count). The molecule has 0 saturated heterocycles. The van der Waals surface area contributed by atoms with Gasteiger partial charge >= 0.3 is 12.1 Å². The summed E-state index contributed by atoms with van der Waals surface area (Å²) in [5, 5.41) is 10.8. The summed E-state index contributed by atoms with van der Waals surface area (Å²) in [4.78, 5) is 21.2. The highest BCUT2D eigenvalue weighted by Gasteiger charge is 2.17. The van der Waals surface area contributed by atoms with Crippen molar-refractivity contribution in [2.75, 3.05) is 18.2 Å². The van der Waals surface area contributed by atoms with Gasteiger partial charge in [0.15, 0.2) is 0 Å². The summed E-state index contributed by atoms with van der Waals surface area (Å²) in [6.07, 6.45) is -0.671. The van der Waals surface area contributed by atoms with Crippen LogP contribution >= 0.6 is 10.8 Å². The van der Waals surface area contributed by atoms with E-state index in [1.807, 2.05) is 0 Å². The summed E-state index contributed by atoms with van der Waals surface area (Å²) in [7, 11) is -2.18. The van der Waals surface area contributed by atoms with Crippen LogP contribution in [-0.4, -0.2) is 38.4 Å². The maximum Gasteiger partial charge on any atom is 0.411 e. The number of carbonyl (C=O) groups excluding carboxylic acids is 1. The third-order valence-electron chi connectivity index (χ3n) is 1.91. The molecule has 1 aromatic carbocycles. The molecule has 0 unspecified atom stereocenters. The van der Waals surface area contributed by atoms with E-state index in [1.165, 1.54) is 31.4 Å². The first-order valence-electron chi connectivity index (χ1n) is 4.91. The smallest absolute Gasteiger partial charge is 0.411 e. The van der Waals surface area contributed by atoms with Crippen molar-refractivity contribution in [3.63, 3.8) is 0 Å². The lowest BCUT2D eigenvalue weighted by Crippen LogP contribution is -2.11. The number of anilines is 1. The zero-order valence-electron chi connectivity index (χ0n) is 9.82. The lowest BCUT2D eigenvalue weighted by molar-refractivity contribution is -0.133. The number of ether oxygens (including phenoxy) is 1. The molecule has 0 aromatic heterocycles. The number of aliphatic carboxylic acids is 1. The van der Waals surface area contributed by atoms with Crippen molar-refractivity contribution in [1.29, 1.82) is 0 Å². The quantitative estimate of drug-likeness (QED) is 0.790. The Balaban J connectivity index is 2.80. The zero-order valence-corrected chi connectivity index (χ0v) is 11.5. The number of amides is 1. The van der Waals surface area contributed by atoms with Crippen LogP contribution in [0.2, 0.25) is 0 Å². The van der Waals surface area contributed by atoms with Crippen LogP contribution in [0.1, 0.15) is 0 Å². The average molecular weight is 305 g/mol. The first-order valence-corrected chi connectivity index (χ1v) is 7.90. The van der Waals surface area contributed by atoms with E-state index in [1.54, 1.807) is 0 Å². The number of hydrogen-bond donors (Lipinski definition) is 2. The fourth-order valence-corrected chi connectivity index (χ4v) is 3.44. The van der Waals surface area contributed by atoms with Crippen LogP contribution in [-0.2, 0) is 18.4 Å². The Morgan fingerprint density at radius 2 is 1.89 bits per heavy atom. The molecule has 0 aliphatic carbocycles. The van der Waals surface area contributed by atoms with Gasteiger partial charge in [-0.1, -0.05) is 0 Å². The Bertz CT molecular complexity index is 566. The number of carboxylic acid groups (broad SMARTS) is 1. The van der Waals surface area contributed by atoms with E-state index < -0.39 is 26.7 Å². The van der Waals surface area contributed by atoms with Gasteiger partial charge in [0, 0.05) is 5.69 Å². The Labute approximate surface area is 113 Å². The molecular weight excluding hydrogens is 294 g/mol. The third kappa shape index (κ3) is 4.79. The average Bonchev–Trinajstić information content (AvgIpc) is 2.37. The summed E-state index contributed by atoms with van der Waals surface area (Å²) in [5.74, 6) is -1.75. The van der Waals surface area contributed by atoms with E-state index in [-0.39, 0.29) is 4.90 Å². The van der Waals surface area contributed by atoms with Crippen LogP contribution in [0.4, 0.5) is 10.5 Å². The maximum atomic E-state index is 11.7. The summed E-state index contributed by atoms with van der Waals surface area (Å²) in [6, 6.07) is 5.31. The monoisotopic (exact) mass is 305 g/mol. The molecule has 19 heavy (non-hydrogen) atoms. The Morgan fingerprint density at radius 1 is 1.32 bits per heavy atom. The number of hydrogen-bond acceptors (Lipinski definition) is 6. The highest BCUT2D eigenvalue weighted by atomic mass is 33.1. The van der Waals surface area contributed by atoms with Crippen LogP contribution in [0.5, 0.6) is 0 Å². The molecule has 0 saturated carbocycles. The van der Waals surface area contributed by atoms with Crippen LogP contribution < -0.4 is 5.32 Å². The molecule has 0 spiro atoms. The molecule has 2 N–H and O–H groups in total. The molecule has 1 amide bonds. The topological polar surface area (TPSA) is 110 Å². The highest BCUT2D eigenvalue weighted by molar-refractivity contribution is 8.72. The van der Waals surface area contributed by atoms with Crippen molar-refractivity contribution in [2.24, 2.45) is 0 Å². The number of benzene rings is 1. The normalized spacial score (nSPS) is 10.8. The van der Waals surface area contributed by atoms with Gasteiger partial charge in [0.1, 0.15) is 5.75 Å². The Hall–Kier alpha value is -1.74. The van der Waals surface area contributed by atoms with Gasteiger partial charge in [-0.05, 0) is 35.1 Å². The minimum Gasteiger partial charge on any atom is -0.481 e. The first kappa shape index (κ1) is 15.3. The van der Waals surface area contributed by atoms with Crippen LogP contribution in [0, 0.1) is 0 Å². The van der Waals surface area contributed by atoms with Gasteiger partial charge in [0.25, 0.3) is 0 Å². The van der Waals surface area contributed by atoms with Crippen molar-refractivity contribution in [3.8, 4) is 0 Å². The van der Waals surface area contributed by atoms with Gasteiger partial charge in [0.05, 0.1) is 12.0 Å². The minimum absolute atomic E-state index is 0.0332. The zero-order chi connectivity index (χ0) is 14.5. The maximum absolute atomic E-state index is 11.7.